The average molecular weight is 335 g/mol. The fourth-order valence-electron chi connectivity index (χ4n) is 3.16. The fraction of sp³-hybridized carbons (Fsp3) is 0.278. The second kappa shape index (κ2) is 6.43. The molecule has 1 aliphatic heterocycles. The SMILES string of the molecule is Cc1oncc1C(=O)N1CCc2ncnc(-c3cccnc3)c2CC1. The number of rotatable bonds is 2. The number of nitrogens with zero attached hydrogens (tertiary/aromatic N) is 5. The maximum absolute atomic E-state index is 12.7. The lowest BCUT2D eigenvalue weighted by atomic mass is 10.0. The maximum Gasteiger partial charge on any atom is 0.259 e. The van der Waals surface area contributed by atoms with Crippen molar-refractivity contribution in [1.82, 2.24) is 25.0 Å². The van der Waals surface area contributed by atoms with E-state index in [1.807, 2.05) is 17.0 Å². The molecule has 1 amide bonds. The highest BCUT2D eigenvalue weighted by molar-refractivity contribution is 5.94. The minimum absolute atomic E-state index is 0.0533. The van der Waals surface area contributed by atoms with E-state index in [2.05, 4.69) is 20.1 Å². The summed E-state index contributed by atoms with van der Waals surface area (Å²) in [5, 5.41) is 3.70. The van der Waals surface area contributed by atoms with Crippen molar-refractivity contribution in [2.75, 3.05) is 13.1 Å². The van der Waals surface area contributed by atoms with Gasteiger partial charge in [-0.1, -0.05) is 5.16 Å². The van der Waals surface area contributed by atoms with E-state index in [9.17, 15) is 4.79 Å². The number of amides is 1. The van der Waals surface area contributed by atoms with Crippen molar-refractivity contribution in [3.8, 4) is 11.3 Å². The number of pyridine rings is 1. The van der Waals surface area contributed by atoms with E-state index in [1.165, 1.54) is 6.20 Å². The van der Waals surface area contributed by atoms with Crippen molar-refractivity contribution >= 4 is 5.91 Å². The summed E-state index contributed by atoms with van der Waals surface area (Å²) in [5.74, 6) is 0.491. The Morgan fingerprint density at radius 1 is 1.20 bits per heavy atom. The summed E-state index contributed by atoms with van der Waals surface area (Å²) in [6, 6.07) is 3.88. The molecule has 0 radical (unpaired) electrons. The third-order valence-electron chi connectivity index (χ3n) is 4.49. The van der Waals surface area contributed by atoms with Crippen LogP contribution in [0.25, 0.3) is 11.3 Å². The van der Waals surface area contributed by atoms with Gasteiger partial charge in [0, 0.05) is 48.7 Å². The van der Waals surface area contributed by atoms with Crippen LogP contribution in [0.5, 0.6) is 0 Å². The Bertz CT molecular complexity index is 907. The Morgan fingerprint density at radius 3 is 2.84 bits per heavy atom. The summed E-state index contributed by atoms with van der Waals surface area (Å²) < 4.78 is 5.02. The standard InChI is InChI=1S/C18H17N5O2/c1-12-15(10-22-25-12)18(24)23-7-4-14-16(5-8-23)20-11-21-17(14)13-3-2-6-19-9-13/h2-3,6,9-11H,4-5,7-8H2,1H3. The number of hydrogen-bond donors (Lipinski definition) is 0. The predicted octanol–water partition coefficient (Wildman–Crippen LogP) is 2.08. The Morgan fingerprint density at radius 2 is 2.08 bits per heavy atom. The van der Waals surface area contributed by atoms with Gasteiger partial charge >= 0.3 is 0 Å². The lowest BCUT2D eigenvalue weighted by molar-refractivity contribution is 0.0761. The Kier molecular flexibility index (Phi) is 3.97. The van der Waals surface area contributed by atoms with E-state index in [0.29, 0.717) is 37.3 Å². The van der Waals surface area contributed by atoms with E-state index in [-0.39, 0.29) is 5.91 Å². The molecule has 3 aromatic rings. The largest absolute Gasteiger partial charge is 0.361 e. The minimum Gasteiger partial charge on any atom is -0.361 e. The van der Waals surface area contributed by atoms with Crippen molar-refractivity contribution in [2.45, 2.75) is 19.8 Å². The van der Waals surface area contributed by atoms with Crippen molar-refractivity contribution in [3.63, 3.8) is 0 Å². The van der Waals surface area contributed by atoms with Gasteiger partial charge in [0.15, 0.2) is 0 Å². The molecular formula is C18H17N5O2. The summed E-state index contributed by atoms with van der Waals surface area (Å²) in [6.45, 7) is 2.97. The number of aromatic nitrogens is 4. The number of hydrogen-bond acceptors (Lipinski definition) is 6. The molecule has 0 aliphatic carbocycles. The molecular weight excluding hydrogens is 318 g/mol. The zero-order chi connectivity index (χ0) is 17.2. The Labute approximate surface area is 144 Å². The van der Waals surface area contributed by atoms with E-state index in [4.69, 9.17) is 4.52 Å². The summed E-state index contributed by atoms with van der Waals surface area (Å²) in [5.41, 5.74) is 4.47. The van der Waals surface area contributed by atoms with Crippen LogP contribution < -0.4 is 0 Å². The molecule has 0 spiro atoms. The van der Waals surface area contributed by atoms with Crippen LogP contribution in [0.4, 0.5) is 0 Å². The minimum atomic E-state index is -0.0533. The van der Waals surface area contributed by atoms with Crippen molar-refractivity contribution in [3.05, 3.63) is 59.6 Å². The van der Waals surface area contributed by atoms with Gasteiger partial charge < -0.3 is 9.42 Å². The van der Waals surface area contributed by atoms with E-state index in [1.54, 1.807) is 25.6 Å². The van der Waals surface area contributed by atoms with Gasteiger partial charge in [0.1, 0.15) is 17.7 Å². The Balaban J connectivity index is 1.62. The van der Waals surface area contributed by atoms with Gasteiger partial charge in [0.05, 0.1) is 11.9 Å². The molecule has 0 unspecified atom stereocenters. The van der Waals surface area contributed by atoms with Crippen LogP contribution >= 0.6 is 0 Å². The second-order valence-electron chi connectivity index (χ2n) is 5.98. The van der Waals surface area contributed by atoms with Crippen LogP contribution in [0.15, 0.2) is 41.6 Å². The first-order chi connectivity index (χ1) is 12.2. The number of aryl methyl sites for hydroxylation is 1. The van der Waals surface area contributed by atoms with Gasteiger partial charge in [0.25, 0.3) is 5.91 Å². The smallest absolute Gasteiger partial charge is 0.259 e. The van der Waals surface area contributed by atoms with E-state index in [0.717, 1.165) is 22.5 Å². The van der Waals surface area contributed by atoms with Gasteiger partial charge in [-0.2, -0.15) is 0 Å². The molecule has 0 saturated carbocycles. The molecule has 1 aliphatic rings. The molecule has 0 saturated heterocycles. The molecule has 0 bridgehead atoms. The zero-order valence-electron chi connectivity index (χ0n) is 13.8. The lowest BCUT2D eigenvalue weighted by Crippen LogP contribution is -2.33. The van der Waals surface area contributed by atoms with Crippen molar-refractivity contribution in [2.24, 2.45) is 0 Å². The first-order valence-electron chi connectivity index (χ1n) is 8.17. The maximum atomic E-state index is 12.7. The first kappa shape index (κ1) is 15.4. The average Bonchev–Trinajstić information content (AvgIpc) is 2.96. The van der Waals surface area contributed by atoms with Gasteiger partial charge in [-0.25, -0.2) is 9.97 Å². The highest BCUT2D eigenvalue weighted by atomic mass is 16.5. The monoisotopic (exact) mass is 335 g/mol. The normalized spacial score (nSPS) is 14.0. The van der Waals surface area contributed by atoms with Crippen LogP contribution in [0.2, 0.25) is 0 Å². The highest BCUT2D eigenvalue weighted by Crippen LogP contribution is 2.25. The zero-order valence-corrected chi connectivity index (χ0v) is 13.8. The molecule has 126 valence electrons. The number of carbonyl (C=O) groups is 1. The van der Waals surface area contributed by atoms with E-state index < -0.39 is 0 Å². The summed E-state index contributed by atoms with van der Waals surface area (Å²) >= 11 is 0. The van der Waals surface area contributed by atoms with Gasteiger partial charge in [-0.3, -0.25) is 9.78 Å². The fourth-order valence-corrected chi connectivity index (χ4v) is 3.16. The summed E-state index contributed by atoms with van der Waals surface area (Å²) in [7, 11) is 0. The van der Waals surface area contributed by atoms with Gasteiger partial charge in [0.2, 0.25) is 0 Å². The van der Waals surface area contributed by atoms with Crippen LogP contribution in [0, 0.1) is 6.92 Å². The topological polar surface area (TPSA) is 85.0 Å². The third kappa shape index (κ3) is 2.88. The molecule has 0 fully saturated rings. The Hall–Kier alpha value is -3.09. The third-order valence-corrected chi connectivity index (χ3v) is 4.49. The van der Waals surface area contributed by atoms with Gasteiger partial charge in [-0.05, 0) is 25.5 Å². The molecule has 25 heavy (non-hydrogen) atoms. The molecule has 0 aromatic carbocycles. The molecule has 7 heteroatoms. The molecule has 0 N–H and O–H groups in total. The van der Waals surface area contributed by atoms with Crippen LogP contribution in [-0.2, 0) is 12.8 Å². The lowest BCUT2D eigenvalue weighted by Gasteiger charge is -2.19. The van der Waals surface area contributed by atoms with E-state index >= 15 is 0 Å². The molecule has 4 rings (SSSR count). The van der Waals surface area contributed by atoms with Gasteiger partial charge in [-0.15, -0.1) is 0 Å². The molecule has 3 aromatic heterocycles. The van der Waals surface area contributed by atoms with Crippen molar-refractivity contribution in [1.29, 1.82) is 0 Å². The predicted molar refractivity (Wildman–Crippen MR) is 89.8 cm³/mol. The molecule has 0 atom stereocenters. The second-order valence-corrected chi connectivity index (χ2v) is 5.98. The number of carbonyl (C=O) groups excluding carboxylic acids is 1. The van der Waals surface area contributed by atoms with Crippen LogP contribution in [0.1, 0.15) is 27.4 Å². The molecule has 7 nitrogen and oxygen atoms in total. The summed E-state index contributed by atoms with van der Waals surface area (Å²) in [6.07, 6.45) is 8.01. The van der Waals surface area contributed by atoms with Crippen LogP contribution in [-0.4, -0.2) is 44.0 Å². The highest BCUT2D eigenvalue weighted by Gasteiger charge is 2.25. The quantitative estimate of drug-likeness (QED) is 0.713. The number of fused-ring (bicyclic) bond motifs is 1. The summed E-state index contributed by atoms with van der Waals surface area (Å²) in [4.78, 5) is 27.6. The first-order valence-corrected chi connectivity index (χ1v) is 8.17. The van der Waals surface area contributed by atoms with Crippen LogP contribution in [0.3, 0.4) is 0 Å². The molecule has 4 heterocycles. The van der Waals surface area contributed by atoms with Crippen molar-refractivity contribution < 1.29 is 9.32 Å².